The summed E-state index contributed by atoms with van der Waals surface area (Å²) < 4.78 is 12.7. The van der Waals surface area contributed by atoms with Crippen molar-refractivity contribution in [1.82, 2.24) is 0 Å². The maximum atomic E-state index is 11.0. The van der Waals surface area contributed by atoms with Gasteiger partial charge in [0.05, 0.1) is 16.5 Å². The second-order valence-electron chi connectivity index (χ2n) is 6.64. The Morgan fingerprint density at radius 1 is 1.38 bits per heavy atom. The summed E-state index contributed by atoms with van der Waals surface area (Å²) in [5, 5.41) is 0.154. The standard InChI is InChI=1S/C15H25BrO3SSi/c1-11(17)18-10-9-12(13-7-8-14(16)20-13)19-21(5,6)15(2,3)4/h7-8,12H,9-10H2,1-6H3. The van der Waals surface area contributed by atoms with Gasteiger partial charge in [0.25, 0.3) is 0 Å². The molecule has 0 aromatic carbocycles. The van der Waals surface area contributed by atoms with E-state index in [9.17, 15) is 4.79 Å². The van der Waals surface area contributed by atoms with Gasteiger partial charge in [0.2, 0.25) is 0 Å². The first kappa shape index (κ1) is 18.9. The van der Waals surface area contributed by atoms with E-state index in [4.69, 9.17) is 9.16 Å². The Morgan fingerprint density at radius 2 is 2.00 bits per heavy atom. The Balaban J connectivity index is 2.84. The molecule has 1 aromatic heterocycles. The van der Waals surface area contributed by atoms with E-state index in [2.05, 4.69) is 55.9 Å². The lowest BCUT2D eigenvalue weighted by molar-refractivity contribution is -0.141. The van der Waals surface area contributed by atoms with Crippen LogP contribution < -0.4 is 0 Å². The third-order valence-electron chi connectivity index (χ3n) is 3.84. The van der Waals surface area contributed by atoms with E-state index in [1.54, 1.807) is 11.3 Å². The van der Waals surface area contributed by atoms with E-state index in [0.717, 1.165) is 3.79 Å². The molecule has 1 atom stereocenters. The summed E-state index contributed by atoms with van der Waals surface area (Å²) in [4.78, 5) is 12.1. The maximum absolute atomic E-state index is 11.0. The number of esters is 1. The van der Waals surface area contributed by atoms with Crippen LogP contribution in [0.4, 0.5) is 0 Å². The number of carbonyl (C=O) groups excluding carboxylic acids is 1. The summed E-state index contributed by atoms with van der Waals surface area (Å²) in [7, 11) is -1.87. The van der Waals surface area contributed by atoms with Crippen molar-refractivity contribution >= 4 is 41.6 Å². The quantitative estimate of drug-likeness (QED) is 0.471. The molecule has 0 N–H and O–H groups in total. The van der Waals surface area contributed by atoms with Gasteiger partial charge in [-0.15, -0.1) is 11.3 Å². The molecule has 6 heteroatoms. The van der Waals surface area contributed by atoms with Crippen LogP contribution in [0.15, 0.2) is 15.9 Å². The summed E-state index contributed by atoms with van der Waals surface area (Å²) in [6.07, 6.45) is 0.681. The minimum atomic E-state index is -1.87. The molecule has 1 unspecified atom stereocenters. The van der Waals surface area contributed by atoms with Gasteiger partial charge in [0.15, 0.2) is 8.32 Å². The Bertz CT molecular complexity index is 480. The van der Waals surface area contributed by atoms with Crippen LogP contribution in [0.2, 0.25) is 18.1 Å². The molecule has 0 radical (unpaired) electrons. The number of thiophene rings is 1. The summed E-state index contributed by atoms with van der Waals surface area (Å²) in [6, 6.07) is 4.12. The molecular formula is C15H25BrO3SSi. The Labute approximate surface area is 141 Å². The van der Waals surface area contributed by atoms with Gasteiger partial charge in [-0.2, -0.15) is 0 Å². The lowest BCUT2D eigenvalue weighted by atomic mass is 10.2. The van der Waals surface area contributed by atoms with Gasteiger partial charge in [-0.25, -0.2) is 0 Å². The minimum absolute atomic E-state index is 0.0125. The molecule has 0 aliphatic carbocycles. The number of ether oxygens (including phenoxy) is 1. The average Bonchev–Trinajstić information content (AvgIpc) is 2.72. The smallest absolute Gasteiger partial charge is 0.302 e. The van der Waals surface area contributed by atoms with Crippen LogP contribution in [0.25, 0.3) is 0 Å². The van der Waals surface area contributed by atoms with Crippen molar-refractivity contribution in [2.75, 3.05) is 6.61 Å². The van der Waals surface area contributed by atoms with Crippen LogP contribution in [-0.2, 0) is 14.0 Å². The molecule has 0 saturated carbocycles. The normalized spacial score (nSPS) is 14.0. The molecule has 0 aliphatic heterocycles. The molecule has 0 saturated heterocycles. The first-order valence-electron chi connectivity index (χ1n) is 7.09. The van der Waals surface area contributed by atoms with Crippen molar-refractivity contribution in [1.29, 1.82) is 0 Å². The van der Waals surface area contributed by atoms with Crippen LogP contribution in [-0.4, -0.2) is 20.9 Å². The lowest BCUT2D eigenvalue weighted by Crippen LogP contribution is -2.41. The van der Waals surface area contributed by atoms with Crippen LogP contribution >= 0.6 is 27.3 Å². The largest absolute Gasteiger partial charge is 0.466 e. The molecule has 1 heterocycles. The van der Waals surface area contributed by atoms with E-state index in [-0.39, 0.29) is 17.1 Å². The molecule has 0 spiro atoms. The topological polar surface area (TPSA) is 35.5 Å². The van der Waals surface area contributed by atoms with Gasteiger partial charge in [-0.05, 0) is 46.2 Å². The van der Waals surface area contributed by atoms with E-state index < -0.39 is 8.32 Å². The van der Waals surface area contributed by atoms with E-state index in [1.165, 1.54) is 11.8 Å². The van der Waals surface area contributed by atoms with Gasteiger partial charge in [-0.3, -0.25) is 4.79 Å². The van der Waals surface area contributed by atoms with E-state index in [1.807, 2.05) is 6.07 Å². The van der Waals surface area contributed by atoms with Gasteiger partial charge in [0.1, 0.15) is 0 Å². The second kappa shape index (κ2) is 7.40. The van der Waals surface area contributed by atoms with Crippen molar-refractivity contribution in [2.45, 2.75) is 58.4 Å². The van der Waals surface area contributed by atoms with Gasteiger partial charge < -0.3 is 9.16 Å². The minimum Gasteiger partial charge on any atom is -0.466 e. The summed E-state index contributed by atoms with van der Waals surface area (Å²) in [5.74, 6) is -0.242. The predicted molar refractivity (Wildman–Crippen MR) is 94.3 cm³/mol. The highest BCUT2D eigenvalue weighted by Gasteiger charge is 2.39. The molecule has 0 amide bonds. The molecule has 1 aromatic rings. The Hall–Kier alpha value is -0.173. The molecule has 3 nitrogen and oxygen atoms in total. The van der Waals surface area contributed by atoms with Gasteiger partial charge >= 0.3 is 5.97 Å². The molecule has 21 heavy (non-hydrogen) atoms. The number of halogens is 1. The van der Waals surface area contributed by atoms with E-state index in [0.29, 0.717) is 13.0 Å². The highest BCUT2D eigenvalue weighted by molar-refractivity contribution is 9.11. The van der Waals surface area contributed by atoms with Gasteiger partial charge in [0, 0.05) is 18.2 Å². The van der Waals surface area contributed by atoms with Crippen molar-refractivity contribution < 1.29 is 14.0 Å². The lowest BCUT2D eigenvalue weighted by Gasteiger charge is -2.39. The van der Waals surface area contributed by atoms with Crippen molar-refractivity contribution in [2.24, 2.45) is 0 Å². The second-order valence-corrected chi connectivity index (χ2v) is 13.9. The third kappa shape index (κ3) is 5.85. The highest BCUT2D eigenvalue weighted by Crippen LogP contribution is 2.42. The molecular weight excluding hydrogens is 368 g/mol. The fourth-order valence-electron chi connectivity index (χ4n) is 1.60. The fourth-order valence-corrected chi connectivity index (χ4v) is 4.49. The average molecular weight is 393 g/mol. The first-order valence-corrected chi connectivity index (χ1v) is 11.6. The summed E-state index contributed by atoms with van der Waals surface area (Å²) in [6.45, 7) is 13.0. The monoisotopic (exact) mass is 392 g/mol. The predicted octanol–water partition coefficient (Wildman–Crippen LogP) is 5.53. The Kier molecular flexibility index (Phi) is 6.65. The molecule has 0 fully saturated rings. The van der Waals surface area contributed by atoms with E-state index >= 15 is 0 Å². The number of rotatable bonds is 6. The zero-order valence-corrected chi connectivity index (χ0v) is 17.1. The van der Waals surface area contributed by atoms with Crippen LogP contribution in [0.5, 0.6) is 0 Å². The zero-order chi connectivity index (χ0) is 16.3. The van der Waals surface area contributed by atoms with Crippen molar-refractivity contribution in [3.05, 3.63) is 20.8 Å². The zero-order valence-electron chi connectivity index (χ0n) is 13.7. The maximum Gasteiger partial charge on any atom is 0.302 e. The molecule has 120 valence electrons. The van der Waals surface area contributed by atoms with Gasteiger partial charge in [-0.1, -0.05) is 20.8 Å². The first-order chi connectivity index (χ1) is 9.53. The Morgan fingerprint density at radius 3 is 2.43 bits per heavy atom. The molecule has 0 bridgehead atoms. The van der Waals surface area contributed by atoms with Crippen LogP contribution in [0.3, 0.4) is 0 Å². The highest BCUT2D eigenvalue weighted by atomic mass is 79.9. The number of carbonyl (C=O) groups is 1. The SMILES string of the molecule is CC(=O)OCCC(O[Si](C)(C)C(C)(C)C)c1ccc(Br)s1. The van der Waals surface area contributed by atoms with Crippen LogP contribution in [0.1, 0.15) is 45.1 Å². The molecule has 0 aliphatic rings. The van der Waals surface area contributed by atoms with Crippen LogP contribution in [0, 0.1) is 0 Å². The third-order valence-corrected chi connectivity index (χ3v) is 10.0. The fraction of sp³-hybridized carbons (Fsp3) is 0.667. The summed E-state index contributed by atoms with van der Waals surface area (Å²) >= 11 is 5.18. The number of hydrogen-bond donors (Lipinski definition) is 0. The number of hydrogen-bond acceptors (Lipinski definition) is 4. The van der Waals surface area contributed by atoms with Crippen molar-refractivity contribution in [3.8, 4) is 0 Å². The summed E-state index contributed by atoms with van der Waals surface area (Å²) in [5.41, 5.74) is 0. The van der Waals surface area contributed by atoms with Crippen molar-refractivity contribution in [3.63, 3.8) is 0 Å². The molecule has 1 rings (SSSR count).